The maximum Gasteiger partial charge on any atom is 1.00 e. The molecule has 6 N–H and O–H groups in total. The number of hydrogen-bond donors (Lipinski definition) is 4. The summed E-state index contributed by atoms with van der Waals surface area (Å²) in [4.78, 5) is 21.0. The number of nitrogens with one attached hydrogen (secondary N) is 2. The van der Waals surface area contributed by atoms with Crippen LogP contribution in [0.2, 0.25) is 10.6 Å². The molecule has 0 aliphatic carbocycles. The molecular weight excluding hydrogens is 657 g/mol. The smallest absolute Gasteiger partial charge is 0.744 e. The molecule has 0 atom stereocenters. The number of nitrogens with two attached hydrogens (primary N) is 2. The Morgan fingerprint density at radius 2 is 1.00 bits per heavy atom. The quantitative estimate of drug-likeness (QED) is 0.0790. The van der Waals surface area contributed by atoms with Crippen LogP contribution < -0.4 is 81.2 Å². The molecule has 0 aliphatic heterocycles. The van der Waals surface area contributed by atoms with Crippen LogP contribution in [0.15, 0.2) is 46.2 Å². The van der Waals surface area contributed by atoms with E-state index < -0.39 is 30.0 Å². The molecule has 0 radical (unpaired) electrons. The Labute approximate surface area is 292 Å². The van der Waals surface area contributed by atoms with E-state index >= 15 is 0 Å². The van der Waals surface area contributed by atoms with Crippen molar-refractivity contribution in [2.45, 2.75) is 9.79 Å². The summed E-state index contributed by atoms with van der Waals surface area (Å²) in [5, 5.41) is 4.85. The third-order valence-corrected chi connectivity index (χ3v) is 6.89. The standard InChI is InChI=1S/C20H16Cl2N10O6S2.2Na/c21-15-27-17(23)31-19(29-15)25-11-5-3-9(13(7-11)39(33,34)35)1-2-10-4-6-12(8-14(10)40(36,37)38)26-20-30-16(22)28-18(24)32-20;;/h1-8H,(H,33,34,35)(H,36,37,38)(H3,23,25,27,29,31)(H3,24,26,28,30,32);;/q;2*+1/p-2/b2-1+;;. The molecule has 0 bridgehead atoms. The van der Waals surface area contributed by atoms with Crippen LogP contribution in [0.4, 0.5) is 35.2 Å². The Morgan fingerprint density at radius 3 is 1.31 bits per heavy atom. The van der Waals surface area contributed by atoms with Crippen molar-refractivity contribution in [2.75, 3.05) is 22.1 Å². The molecule has 42 heavy (non-hydrogen) atoms. The number of rotatable bonds is 8. The molecule has 0 saturated carbocycles. The summed E-state index contributed by atoms with van der Waals surface area (Å²) in [5.41, 5.74) is 11.0. The van der Waals surface area contributed by atoms with Gasteiger partial charge in [-0.25, -0.2) is 16.8 Å². The molecule has 22 heteroatoms. The summed E-state index contributed by atoms with van der Waals surface area (Å²) in [6.45, 7) is 0. The van der Waals surface area contributed by atoms with Gasteiger partial charge < -0.3 is 31.2 Å². The summed E-state index contributed by atoms with van der Waals surface area (Å²) in [7, 11) is -10.1. The first-order chi connectivity index (χ1) is 18.7. The van der Waals surface area contributed by atoms with Gasteiger partial charge >= 0.3 is 59.1 Å². The Balaban J connectivity index is 0.00000308. The summed E-state index contributed by atoms with van der Waals surface area (Å²) in [6.07, 6.45) is 2.30. The van der Waals surface area contributed by atoms with Crippen molar-refractivity contribution in [3.05, 3.63) is 58.1 Å². The molecule has 0 spiro atoms. The van der Waals surface area contributed by atoms with Crippen molar-refractivity contribution in [3.8, 4) is 0 Å². The fourth-order valence-electron chi connectivity index (χ4n) is 3.21. The number of aromatic nitrogens is 6. The van der Waals surface area contributed by atoms with E-state index in [1.165, 1.54) is 24.3 Å². The number of hydrogen-bond acceptors (Lipinski definition) is 16. The largest absolute Gasteiger partial charge is 1.00 e. The Morgan fingerprint density at radius 1 is 0.643 bits per heavy atom. The monoisotopic (exact) mass is 670 g/mol. The van der Waals surface area contributed by atoms with Gasteiger partial charge in [-0.15, -0.1) is 0 Å². The van der Waals surface area contributed by atoms with E-state index in [2.05, 4.69) is 40.5 Å². The minimum atomic E-state index is -5.03. The molecular formula is C20H14Cl2N10Na2O6S2. The van der Waals surface area contributed by atoms with Crippen LogP contribution in [0, 0.1) is 0 Å². The van der Waals surface area contributed by atoms with E-state index in [1.54, 1.807) is 0 Å². The molecule has 0 fully saturated rings. The molecule has 2 heterocycles. The number of anilines is 6. The first-order valence-corrected chi connectivity index (χ1v) is 14.0. The minimum Gasteiger partial charge on any atom is -0.744 e. The summed E-state index contributed by atoms with van der Waals surface area (Å²) < 4.78 is 71.9. The number of nitrogens with zero attached hydrogens (tertiary/aromatic N) is 6. The molecule has 4 aromatic rings. The van der Waals surface area contributed by atoms with Gasteiger partial charge in [-0.05, 0) is 58.6 Å². The van der Waals surface area contributed by atoms with Gasteiger partial charge in [0.2, 0.25) is 34.4 Å². The second-order valence-corrected chi connectivity index (χ2v) is 10.9. The first-order valence-electron chi connectivity index (χ1n) is 10.4. The molecule has 0 saturated heterocycles. The predicted molar refractivity (Wildman–Crippen MR) is 143 cm³/mol. The maximum absolute atomic E-state index is 12.0. The van der Waals surface area contributed by atoms with Gasteiger partial charge in [-0.3, -0.25) is 0 Å². The van der Waals surface area contributed by atoms with Crippen molar-refractivity contribution >= 4 is 90.8 Å². The maximum atomic E-state index is 12.0. The average Bonchev–Trinajstić information content (AvgIpc) is 2.81. The van der Waals surface area contributed by atoms with E-state index in [-0.39, 0.29) is 116 Å². The predicted octanol–water partition coefficient (Wildman–Crippen LogP) is -4.00. The van der Waals surface area contributed by atoms with Crippen LogP contribution in [-0.4, -0.2) is 55.8 Å². The molecule has 0 unspecified atom stereocenters. The summed E-state index contributed by atoms with van der Waals surface area (Å²) >= 11 is 11.5. The van der Waals surface area contributed by atoms with Gasteiger partial charge in [0.1, 0.15) is 20.2 Å². The molecule has 2 aromatic carbocycles. The van der Waals surface area contributed by atoms with Gasteiger partial charge in [0.05, 0.1) is 9.79 Å². The van der Waals surface area contributed by atoms with E-state index in [4.69, 9.17) is 34.7 Å². The van der Waals surface area contributed by atoms with Gasteiger partial charge in [0, 0.05) is 11.4 Å². The molecule has 16 nitrogen and oxygen atoms in total. The Bertz CT molecular complexity index is 1710. The van der Waals surface area contributed by atoms with Gasteiger partial charge in [-0.2, -0.15) is 29.9 Å². The second kappa shape index (κ2) is 14.5. The minimum absolute atomic E-state index is 0. The van der Waals surface area contributed by atoms with Gasteiger partial charge in [-0.1, -0.05) is 24.3 Å². The topological polar surface area (TPSA) is 268 Å². The average molecular weight is 671 g/mol. The summed E-state index contributed by atoms with van der Waals surface area (Å²) in [6, 6.07) is 7.27. The number of benzene rings is 2. The van der Waals surface area contributed by atoms with Crippen molar-refractivity contribution < 1.29 is 85.1 Å². The van der Waals surface area contributed by atoms with Crippen LogP contribution in [0.3, 0.4) is 0 Å². The van der Waals surface area contributed by atoms with Crippen molar-refractivity contribution in [1.29, 1.82) is 0 Å². The fraction of sp³-hybridized carbons (Fsp3) is 0. The second-order valence-electron chi connectivity index (χ2n) is 7.57. The fourth-order valence-corrected chi connectivity index (χ4v) is 4.94. The van der Waals surface area contributed by atoms with E-state index in [0.717, 1.165) is 24.3 Å². The number of nitrogen functional groups attached to an aromatic ring is 2. The molecule has 208 valence electrons. The van der Waals surface area contributed by atoms with Crippen LogP contribution >= 0.6 is 23.2 Å². The summed E-state index contributed by atoms with van der Waals surface area (Å²) in [5.74, 6) is -0.636. The molecule has 0 aliphatic rings. The third kappa shape index (κ3) is 9.66. The third-order valence-electron chi connectivity index (χ3n) is 4.77. The Hall–Kier alpha value is -2.20. The van der Waals surface area contributed by atoms with Crippen LogP contribution in [0.25, 0.3) is 12.2 Å². The van der Waals surface area contributed by atoms with Crippen LogP contribution in [-0.2, 0) is 20.2 Å². The van der Waals surface area contributed by atoms with Gasteiger partial charge in [0.15, 0.2) is 0 Å². The SMILES string of the molecule is Nc1nc(Cl)nc(Nc2ccc(/C=C/c3ccc(Nc4nc(N)nc(Cl)n4)cc3S(=O)(=O)[O-])c(S(=O)(=O)[O-])c2)n1.[Na+].[Na+]. The zero-order chi connectivity index (χ0) is 29.2. The Kier molecular flexibility index (Phi) is 12.4. The van der Waals surface area contributed by atoms with Crippen molar-refractivity contribution in [2.24, 2.45) is 0 Å². The molecule has 2 aromatic heterocycles. The zero-order valence-corrected chi connectivity index (χ0v) is 28.6. The van der Waals surface area contributed by atoms with E-state index in [9.17, 15) is 25.9 Å². The van der Waals surface area contributed by atoms with Crippen LogP contribution in [0.1, 0.15) is 11.1 Å². The molecule has 4 rings (SSSR count). The normalized spacial score (nSPS) is 11.4. The van der Waals surface area contributed by atoms with Crippen molar-refractivity contribution in [1.82, 2.24) is 29.9 Å². The van der Waals surface area contributed by atoms with Crippen LogP contribution in [0.5, 0.6) is 0 Å². The van der Waals surface area contributed by atoms with E-state index in [0.29, 0.717) is 0 Å². The van der Waals surface area contributed by atoms with Crippen molar-refractivity contribution in [3.63, 3.8) is 0 Å². The molecule has 0 amide bonds. The zero-order valence-electron chi connectivity index (χ0n) is 21.5. The van der Waals surface area contributed by atoms with Gasteiger partial charge in [0.25, 0.3) is 0 Å². The number of halogens is 2. The first kappa shape index (κ1) is 36.0. The van der Waals surface area contributed by atoms with E-state index in [1.807, 2.05) is 0 Å².